The second kappa shape index (κ2) is 7.04. The highest BCUT2D eigenvalue weighted by molar-refractivity contribution is 5.92. The number of carbonyl (C=O) groups excluding carboxylic acids is 1. The van der Waals surface area contributed by atoms with Crippen LogP contribution in [0.2, 0.25) is 0 Å². The van der Waals surface area contributed by atoms with Crippen molar-refractivity contribution in [3.05, 3.63) is 17.5 Å². The van der Waals surface area contributed by atoms with Crippen LogP contribution in [0.1, 0.15) is 68.1 Å². The summed E-state index contributed by atoms with van der Waals surface area (Å²) in [5.74, 6) is 1.02. The number of aromatic amines is 1. The molecule has 2 saturated heterocycles. The van der Waals surface area contributed by atoms with E-state index in [9.17, 15) is 4.79 Å². The molecule has 0 radical (unpaired) electrons. The third-order valence-electron chi connectivity index (χ3n) is 5.52. The molecule has 1 N–H and O–H groups in total. The van der Waals surface area contributed by atoms with E-state index in [0.717, 1.165) is 12.2 Å². The zero-order valence-corrected chi connectivity index (χ0v) is 14.7. The van der Waals surface area contributed by atoms with Crippen molar-refractivity contribution in [2.45, 2.75) is 57.9 Å². The summed E-state index contributed by atoms with van der Waals surface area (Å²) in [5.41, 5.74) is 1.57. The highest BCUT2D eigenvalue weighted by Gasteiger charge is 2.34. The van der Waals surface area contributed by atoms with E-state index in [1.54, 1.807) is 0 Å². The van der Waals surface area contributed by atoms with Gasteiger partial charge in [-0.2, -0.15) is 5.10 Å². The Hall–Kier alpha value is -1.36. The number of aromatic nitrogens is 2. The maximum atomic E-state index is 12.6. The zero-order chi connectivity index (χ0) is 16.4. The van der Waals surface area contributed by atoms with Crippen LogP contribution in [0.5, 0.6) is 0 Å². The Morgan fingerprint density at radius 3 is 2.87 bits per heavy atom. The second-order valence-electron chi connectivity index (χ2n) is 7.55. The average Bonchev–Trinajstić information content (AvgIpc) is 3.04. The van der Waals surface area contributed by atoms with Crippen molar-refractivity contribution in [1.29, 1.82) is 0 Å². The molecule has 0 aromatic carbocycles. The summed E-state index contributed by atoms with van der Waals surface area (Å²) in [6.07, 6.45) is 6.49. The zero-order valence-electron chi connectivity index (χ0n) is 14.7. The smallest absolute Gasteiger partial charge is 0.274 e. The highest BCUT2D eigenvalue weighted by Crippen LogP contribution is 2.31. The standard InChI is InChI=1S/C18H30N4O/c1-13(2)15-11-16(20-19-15)18(23)21(3)12-14-7-6-10-22-9-5-4-8-17(14)22/h11,13-14,17H,4-10,12H2,1-3H3,(H,19,20)/t14-,17-/m1/s1. The first-order valence-electron chi connectivity index (χ1n) is 9.11. The first kappa shape index (κ1) is 16.5. The monoisotopic (exact) mass is 318 g/mol. The van der Waals surface area contributed by atoms with Crippen LogP contribution in [0.4, 0.5) is 0 Å². The minimum Gasteiger partial charge on any atom is -0.340 e. The predicted octanol–water partition coefficient (Wildman–Crippen LogP) is 2.87. The lowest BCUT2D eigenvalue weighted by atomic mass is 9.83. The van der Waals surface area contributed by atoms with Crippen LogP contribution in [0.15, 0.2) is 6.07 Å². The molecule has 0 spiro atoms. The van der Waals surface area contributed by atoms with E-state index >= 15 is 0 Å². The third kappa shape index (κ3) is 3.60. The number of hydrogen-bond acceptors (Lipinski definition) is 3. The number of fused-ring (bicyclic) bond motifs is 1. The Labute approximate surface area is 139 Å². The lowest BCUT2D eigenvalue weighted by molar-refractivity contribution is 0.0401. The number of nitrogens with zero attached hydrogens (tertiary/aromatic N) is 3. The average molecular weight is 318 g/mol. The lowest BCUT2D eigenvalue weighted by Crippen LogP contribution is -2.51. The maximum Gasteiger partial charge on any atom is 0.274 e. The van der Waals surface area contributed by atoms with Crippen LogP contribution < -0.4 is 0 Å². The van der Waals surface area contributed by atoms with Gasteiger partial charge in [0.15, 0.2) is 0 Å². The van der Waals surface area contributed by atoms with Gasteiger partial charge in [0.25, 0.3) is 5.91 Å². The van der Waals surface area contributed by atoms with Crippen molar-refractivity contribution < 1.29 is 4.79 Å². The molecule has 23 heavy (non-hydrogen) atoms. The summed E-state index contributed by atoms with van der Waals surface area (Å²) in [4.78, 5) is 17.2. The number of carbonyl (C=O) groups is 1. The van der Waals surface area contributed by atoms with Gasteiger partial charge in [-0.3, -0.25) is 9.89 Å². The molecular formula is C18H30N4O. The molecule has 3 rings (SSSR count). The number of nitrogens with one attached hydrogen (secondary N) is 1. The van der Waals surface area contributed by atoms with Crippen molar-refractivity contribution in [1.82, 2.24) is 20.0 Å². The van der Waals surface area contributed by atoms with Crippen molar-refractivity contribution in [2.75, 3.05) is 26.7 Å². The van der Waals surface area contributed by atoms with E-state index in [1.165, 1.54) is 45.2 Å². The van der Waals surface area contributed by atoms with Gasteiger partial charge in [-0.05, 0) is 56.7 Å². The molecule has 0 saturated carbocycles. The van der Waals surface area contributed by atoms with Crippen LogP contribution in [-0.2, 0) is 0 Å². The van der Waals surface area contributed by atoms with Crippen LogP contribution in [0.3, 0.4) is 0 Å². The molecule has 2 aliphatic heterocycles. The second-order valence-corrected chi connectivity index (χ2v) is 7.55. The van der Waals surface area contributed by atoms with Gasteiger partial charge < -0.3 is 9.80 Å². The van der Waals surface area contributed by atoms with Gasteiger partial charge in [0.1, 0.15) is 5.69 Å². The van der Waals surface area contributed by atoms with E-state index in [1.807, 2.05) is 18.0 Å². The minimum absolute atomic E-state index is 0.0427. The maximum absolute atomic E-state index is 12.6. The summed E-state index contributed by atoms with van der Waals surface area (Å²) in [6, 6.07) is 2.58. The first-order chi connectivity index (χ1) is 11.1. The van der Waals surface area contributed by atoms with Crippen molar-refractivity contribution in [2.24, 2.45) is 5.92 Å². The summed E-state index contributed by atoms with van der Waals surface area (Å²) in [5, 5.41) is 7.19. The molecule has 0 bridgehead atoms. The molecule has 2 aliphatic rings. The van der Waals surface area contributed by atoms with Gasteiger partial charge in [-0.15, -0.1) is 0 Å². The van der Waals surface area contributed by atoms with Gasteiger partial charge in [-0.1, -0.05) is 20.3 Å². The molecule has 5 nitrogen and oxygen atoms in total. The number of H-pyrrole nitrogens is 1. The minimum atomic E-state index is 0.0427. The quantitative estimate of drug-likeness (QED) is 0.929. The number of piperidine rings is 2. The van der Waals surface area contributed by atoms with Crippen LogP contribution in [0.25, 0.3) is 0 Å². The molecule has 1 aromatic heterocycles. The van der Waals surface area contributed by atoms with E-state index in [-0.39, 0.29) is 5.91 Å². The number of rotatable bonds is 4. The van der Waals surface area contributed by atoms with Gasteiger partial charge >= 0.3 is 0 Å². The van der Waals surface area contributed by atoms with E-state index in [0.29, 0.717) is 23.6 Å². The Morgan fingerprint density at radius 1 is 1.35 bits per heavy atom. The predicted molar refractivity (Wildman–Crippen MR) is 91.6 cm³/mol. The van der Waals surface area contributed by atoms with E-state index < -0.39 is 0 Å². The fourth-order valence-corrected chi connectivity index (χ4v) is 4.16. The normalized spacial score (nSPS) is 25.4. The van der Waals surface area contributed by atoms with Crippen molar-refractivity contribution in [3.8, 4) is 0 Å². The molecule has 5 heteroatoms. The Bertz CT molecular complexity index is 537. The first-order valence-corrected chi connectivity index (χ1v) is 9.11. The fourth-order valence-electron chi connectivity index (χ4n) is 4.16. The Morgan fingerprint density at radius 2 is 2.13 bits per heavy atom. The topological polar surface area (TPSA) is 52.2 Å². The number of hydrogen-bond donors (Lipinski definition) is 1. The SMILES string of the molecule is CC(C)c1cc(C(=O)N(C)C[C@H]2CCCN3CCCC[C@H]23)n[nH]1. The van der Waals surface area contributed by atoms with Gasteiger partial charge in [0, 0.05) is 25.3 Å². The molecule has 1 aromatic rings. The Kier molecular flexibility index (Phi) is 5.05. The van der Waals surface area contributed by atoms with E-state index in [4.69, 9.17) is 0 Å². The van der Waals surface area contributed by atoms with E-state index in [2.05, 4.69) is 28.9 Å². The van der Waals surface area contributed by atoms with Crippen LogP contribution >= 0.6 is 0 Å². The molecular weight excluding hydrogens is 288 g/mol. The summed E-state index contributed by atoms with van der Waals surface area (Å²) >= 11 is 0. The van der Waals surface area contributed by atoms with Crippen LogP contribution in [0, 0.1) is 5.92 Å². The fraction of sp³-hybridized carbons (Fsp3) is 0.778. The molecule has 2 fully saturated rings. The summed E-state index contributed by atoms with van der Waals surface area (Å²) in [6.45, 7) is 7.55. The van der Waals surface area contributed by atoms with Crippen molar-refractivity contribution >= 4 is 5.91 Å². The molecule has 0 unspecified atom stereocenters. The van der Waals surface area contributed by atoms with Gasteiger partial charge in [0.05, 0.1) is 0 Å². The summed E-state index contributed by atoms with van der Waals surface area (Å²) < 4.78 is 0. The van der Waals surface area contributed by atoms with Gasteiger partial charge in [0.2, 0.25) is 0 Å². The highest BCUT2D eigenvalue weighted by atomic mass is 16.2. The molecule has 3 heterocycles. The Balaban J connectivity index is 1.63. The molecule has 1 amide bonds. The summed E-state index contributed by atoms with van der Waals surface area (Å²) in [7, 11) is 1.92. The molecule has 0 aliphatic carbocycles. The number of amides is 1. The molecule has 128 valence electrons. The lowest BCUT2D eigenvalue weighted by Gasteiger charge is -2.45. The molecule has 2 atom stereocenters. The largest absolute Gasteiger partial charge is 0.340 e. The van der Waals surface area contributed by atoms with Crippen LogP contribution in [-0.4, -0.2) is 58.6 Å². The van der Waals surface area contributed by atoms with Gasteiger partial charge in [-0.25, -0.2) is 0 Å². The van der Waals surface area contributed by atoms with Crippen molar-refractivity contribution in [3.63, 3.8) is 0 Å². The third-order valence-corrected chi connectivity index (χ3v) is 5.52.